The second-order valence-electron chi connectivity index (χ2n) is 14.6. The fourth-order valence-corrected chi connectivity index (χ4v) is 12.0. The Kier molecular flexibility index (Phi) is 11.5. The molecule has 0 spiro atoms. The molecule has 4 aromatic carbocycles. The number of thiazole rings is 2. The van der Waals surface area contributed by atoms with Crippen LogP contribution in [-0.2, 0) is 36.1 Å². The van der Waals surface area contributed by atoms with E-state index in [0.29, 0.717) is 57.6 Å². The first-order valence-corrected chi connectivity index (χ1v) is 24.8. The summed E-state index contributed by atoms with van der Waals surface area (Å²) in [6.07, 6.45) is 7.23. The normalized spacial score (nSPS) is 17.7. The van der Waals surface area contributed by atoms with Gasteiger partial charge in [0, 0.05) is 87.0 Å². The lowest BCUT2D eigenvalue weighted by Crippen LogP contribution is -2.41. The average molecular weight is 948 g/mol. The Balaban J connectivity index is 0.000000158. The molecule has 2 N–H and O–H groups in total. The molecule has 0 saturated carbocycles. The highest BCUT2D eigenvalue weighted by Crippen LogP contribution is 2.37. The lowest BCUT2D eigenvalue weighted by Gasteiger charge is -2.26. The second-order valence-corrected chi connectivity index (χ2v) is 20.6. The van der Waals surface area contributed by atoms with Gasteiger partial charge in [-0.25, -0.2) is 26.8 Å². The van der Waals surface area contributed by atoms with Gasteiger partial charge in [-0.3, -0.25) is 19.0 Å². The van der Waals surface area contributed by atoms with Crippen molar-refractivity contribution in [2.45, 2.75) is 41.1 Å². The third kappa shape index (κ3) is 8.37. The van der Waals surface area contributed by atoms with E-state index in [1.54, 1.807) is 44.8 Å². The summed E-state index contributed by atoms with van der Waals surface area (Å²) in [6, 6.07) is 25.5. The van der Waals surface area contributed by atoms with Gasteiger partial charge in [0.05, 0.1) is 9.79 Å². The maximum atomic E-state index is 13.2. The number of fused-ring (bicyclic) bond motifs is 2. The average Bonchev–Trinajstić information content (AvgIpc) is 4.13. The quantitative estimate of drug-likeness (QED) is 0.137. The van der Waals surface area contributed by atoms with Crippen molar-refractivity contribution < 1.29 is 26.4 Å². The molecule has 0 bridgehead atoms. The number of rotatable bonds is 10. The predicted molar refractivity (Wildman–Crippen MR) is 245 cm³/mol. The summed E-state index contributed by atoms with van der Waals surface area (Å²) in [7, 11) is -7.45. The molecular formula is C42H36Cl2N8O6S4. The molecule has 2 saturated heterocycles. The van der Waals surface area contributed by atoms with E-state index in [4.69, 9.17) is 23.2 Å². The predicted octanol–water partition coefficient (Wildman–Crippen LogP) is 8.30. The minimum Gasteiger partial charge on any atom is -0.359 e. The number of hydrogen-bond acceptors (Lipinski definition) is 11. The minimum atomic E-state index is -3.73. The number of halogens is 2. The zero-order valence-electron chi connectivity index (χ0n) is 32.5. The van der Waals surface area contributed by atoms with Crippen LogP contribution in [0.2, 0.25) is 10.0 Å². The lowest BCUT2D eigenvalue weighted by molar-refractivity contribution is -0.120. The smallest absolute Gasteiger partial charge is 0.263 e. The summed E-state index contributed by atoms with van der Waals surface area (Å²) in [5.74, 6) is 0.00304. The maximum absolute atomic E-state index is 13.2. The van der Waals surface area contributed by atoms with Crippen molar-refractivity contribution in [2.24, 2.45) is 0 Å². The highest BCUT2D eigenvalue weighted by molar-refractivity contribution is 7.93. The van der Waals surface area contributed by atoms with Crippen molar-refractivity contribution >= 4 is 116 Å². The van der Waals surface area contributed by atoms with E-state index in [1.807, 2.05) is 53.2 Å². The van der Waals surface area contributed by atoms with Crippen LogP contribution in [0.25, 0.3) is 10.9 Å². The zero-order valence-corrected chi connectivity index (χ0v) is 37.2. The Morgan fingerprint density at radius 2 is 1.16 bits per heavy atom. The number of anilines is 5. The molecule has 3 aromatic heterocycles. The fourth-order valence-electron chi connectivity index (χ4n) is 8.02. The van der Waals surface area contributed by atoms with Gasteiger partial charge in [0.1, 0.15) is 12.1 Å². The van der Waals surface area contributed by atoms with E-state index >= 15 is 0 Å². The van der Waals surface area contributed by atoms with Crippen LogP contribution in [0.4, 0.5) is 27.3 Å². The number of hydrogen-bond donors (Lipinski definition) is 2. The Morgan fingerprint density at radius 1 is 0.629 bits per heavy atom. The van der Waals surface area contributed by atoms with Gasteiger partial charge in [0.2, 0.25) is 11.8 Å². The number of nitrogens with one attached hydrogen (secondary N) is 2. The lowest BCUT2D eigenvalue weighted by atomic mass is 10.1. The molecule has 2 fully saturated rings. The minimum absolute atomic E-state index is 0.0241. The van der Waals surface area contributed by atoms with Gasteiger partial charge in [-0.15, -0.1) is 22.7 Å². The van der Waals surface area contributed by atoms with Crippen LogP contribution in [-0.4, -0.2) is 68.9 Å². The molecule has 62 heavy (non-hydrogen) atoms. The summed E-state index contributed by atoms with van der Waals surface area (Å²) in [5.41, 5.74) is 4.55. The molecule has 2 amide bonds. The Hall–Kier alpha value is -5.50. The summed E-state index contributed by atoms with van der Waals surface area (Å²) >= 11 is 14.6. The summed E-state index contributed by atoms with van der Waals surface area (Å²) in [5, 5.41) is 6.36. The van der Waals surface area contributed by atoms with Crippen LogP contribution in [0.5, 0.6) is 0 Å². The molecule has 0 aliphatic carbocycles. The van der Waals surface area contributed by atoms with E-state index in [0.717, 1.165) is 29.6 Å². The van der Waals surface area contributed by atoms with Crippen molar-refractivity contribution in [3.63, 3.8) is 0 Å². The molecule has 3 aliphatic rings. The monoisotopic (exact) mass is 946 g/mol. The van der Waals surface area contributed by atoms with Gasteiger partial charge in [-0.05, 0) is 116 Å². The Morgan fingerprint density at radius 3 is 1.73 bits per heavy atom. The van der Waals surface area contributed by atoms with E-state index < -0.39 is 20.0 Å². The number of benzene rings is 4. The van der Waals surface area contributed by atoms with Crippen LogP contribution in [0.3, 0.4) is 0 Å². The fraction of sp³-hybridized carbons (Fsp3) is 0.190. The largest absolute Gasteiger partial charge is 0.359 e. The third-order valence-electron chi connectivity index (χ3n) is 10.9. The van der Waals surface area contributed by atoms with Crippen molar-refractivity contribution in [2.75, 3.05) is 43.8 Å². The van der Waals surface area contributed by atoms with Gasteiger partial charge >= 0.3 is 0 Å². The molecule has 3 aliphatic heterocycles. The number of carbonyl (C=O) groups excluding carboxylic acids is 2. The van der Waals surface area contributed by atoms with Crippen molar-refractivity contribution in [3.05, 3.63) is 136 Å². The molecule has 14 nitrogen and oxygen atoms in total. The van der Waals surface area contributed by atoms with E-state index in [-0.39, 0.29) is 33.7 Å². The number of aromatic nitrogens is 3. The highest BCUT2D eigenvalue weighted by Gasteiger charge is 2.39. The van der Waals surface area contributed by atoms with Crippen LogP contribution in [0, 0.1) is 0 Å². The first-order chi connectivity index (χ1) is 29.8. The molecule has 20 heteroatoms. The van der Waals surface area contributed by atoms with Gasteiger partial charge < -0.3 is 19.3 Å². The van der Waals surface area contributed by atoms with E-state index in [2.05, 4.69) is 24.3 Å². The molecule has 1 unspecified atom stereocenters. The zero-order chi connectivity index (χ0) is 43.2. The molecule has 318 valence electrons. The van der Waals surface area contributed by atoms with Gasteiger partial charge in [-0.2, -0.15) is 0 Å². The van der Waals surface area contributed by atoms with Gasteiger partial charge in [-0.1, -0.05) is 23.2 Å². The van der Waals surface area contributed by atoms with Gasteiger partial charge in [0.15, 0.2) is 10.3 Å². The standard InChI is InChI=1S/C21H19ClN4O3S2.C21H17ClN4O3S2/c2*22-15-1-6-18-14(13-15)7-10-26(18)19-8-11-25(20(19)27)16-2-4-17(5-3-16)31(28,29)24-21-23-9-12-30-21/h1-6,9,12-13,19H,7-8,10-11H2,(H,23,24);1-7,9-10,12-13,19H,8,11H2,(H,23,24)/t19-;/m0./s1. The molecule has 2 atom stereocenters. The second kappa shape index (κ2) is 17.0. The van der Waals surface area contributed by atoms with Crippen molar-refractivity contribution in [1.82, 2.24) is 14.5 Å². The summed E-state index contributed by atoms with van der Waals surface area (Å²) in [4.78, 5) is 40.0. The van der Waals surface area contributed by atoms with Crippen LogP contribution in [0.15, 0.2) is 130 Å². The SMILES string of the molecule is O=C1C(n2ccc3cc(Cl)ccc32)CCN1c1ccc(S(=O)(=O)Nc2nccs2)cc1.O=C1[C@@H](N2CCc3cc(Cl)ccc32)CCN1c1ccc(S(=O)(=O)Nc2nccs2)cc1. The maximum Gasteiger partial charge on any atom is 0.263 e. The third-order valence-corrected chi connectivity index (χ3v) is 15.8. The molecule has 0 radical (unpaired) electrons. The Labute approximate surface area is 375 Å². The Bertz CT molecular complexity index is 3000. The molecule has 7 aromatic rings. The molecule has 10 rings (SSSR count). The number of amides is 2. The number of nitrogens with zero attached hydrogens (tertiary/aromatic N) is 6. The van der Waals surface area contributed by atoms with E-state index in [9.17, 15) is 26.4 Å². The van der Waals surface area contributed by atoms with Crippen molar-refractivity contribution in [3.8, 4) is 0 Å². The number of carbonyl (C=O) groups is 2. The summed E-state index contributed by atoms with van der Waals surface area (Å²) < 4.78 is 56.9. The van der Waals surface area contributed by atoms with E-state index in [1.165, 1.54) is 64.9 Å². The molecular weight excluding hydrogens is 912 g/mol. The topological polar surface area (TPSA) is 167 Å². The number of sulfonamides is 2. The van der Waals surface area contributed by atoms with Crippen LogP contribution in [0.1, 0.15) is 24.4 Å². The van der Waals surface area contributed by atoms with Crippen LogP contribution < -0.4 is 24.1 Å². The molecule has 6 heterocycles. The first kappa shape index (κ1) is 41.8. The van der Waals surface area contributed by atoms with Crippen LogP contribution >= 0.6 is 45.9 Å². The van der Waals surface area contributed by atoms with Gasteiger partial charge in [0.25, 0.3) is 20.0 Å². The van der Waals surface area contributed by atoms with Crippen molar-refractivity contribution in [1.29, 1.82) is 0 Å². The summed E-state index contributed by atoms with van der Waals surface area (Å²) in [6.45, 7) is 1.94. The highest BCUT2D eigenvalue weighted by atomic mass is 35.5. The first-order valence-electron chi connectivity index (χ1n) is 19.3.